The van der Waals surface area contributed by atoms with Gasteiger partial charge in [0, 0.05) is 33.4 Å². The Bertz CT molecular complexity index is 3110. The molecule has 0 spiro atoms. The Hall–Kier alpha value is -6.96. The van der Waals surface area contributed by atoms with Crippen molar-refractivity contribution in [2.45, 2.75) is 25.2 Å². The van der Waals surface area contributed by atoms with Gasteiger partial charge in [0.15, 0.2) is 0 Å². The third kappa shape index (κ3) is 5.30. The molecule has 0 radical (unpaired) electrons. The van der Waals surface area contributed by atoms with Crippen molar-refractivity contribution in [3.05, 3.63) is 234 Å². The lowest BCUT2D eigenvalue weighted by Gasteiger charge is -2.25. The minimum absolute atomic E-state index is 0.0622. The molecule has 0 saturated carbocycles. The average Bonchev–Trinajstić information content (AvgIpc) is 3.71. The molecular formula is C56H41N. The summed E-state index contributed by atoms with van der Waals surface area (Å²) in [6.07, 6.45) is 0. The van der Waals surface area contributed by atoms with E-state index < -0.39 is 0 Å². The Morgan fingerprint density at radius 1 is 0.404 bits per heavy atom. The Labute approximate surface area is 334 Å². The normalized spacial score (nSPS) is 13.5. The first-order chi connectivity index (χ1) is 28.0. The standard InChI is InChI=1S/C56H41N/c1-56(2)50-23-13-11-21-46(50)47-34-31-43(36-51(47)56)53(39-17-7-4-8-18-39)40-29-32-44(33-30-40)57-52-24-14-12-22-48(52)49-35-42-19-9-10-20-45(42)54(55(49)57)41-27-25-38(26-28-41)37-15-5-3-6-16-37/h3-36,53H,1-2H3. The van der Waals surface area contributed by atoms with Gasteiger partial charge in [0.05, 0.1) is 11.0 Å². The second-order valence-corrected chi connectivity index (χ2v) is 16.1. The molecular weight excluding hydrogens is 687 g/mol. The highest BCUT2D eigenvalue weighted by atomic mass is 15.0. The first kappa shape index (κ1) is 33.4. The third-order valence-electron chi connectivity index (χ3n) is 12.5. The number of hydrogen-bond acceptors (Lipinski definition) is 0. The van der Waals surface area contributed by atoms with Gasteiger partial charge in [-0.25, -0.2) is 0 Å². The number of benzene rings is 9. The fraction of sp³-hybridized carbons (Fsp3) is 0.0714. The van der Waals surface area contributed by atoms with Crippen LogP contribution in [0.15, 0.2) is 206 Å². The number of nitrogens with zero attached hydrogens (tertiary/aromatic N) is 1. The lowest BCUT2D eigenvalue weighted by molar-refractivity contribution is 0.659. The fourth-order valence-corrected chi connectivity index (χ4v) is 9.75. The zero-order chi connectivity index (χ0) is 38.1. The van der Waals surface area contributed by atoms with Crippen molar-refractivity contribution in [1.29, 1.82) is 0 Å². The first-order valence-electron chi connectivity index (χ1n) is 20.0. The average molecular weight is 728 g/mol. The molecule has 10 aromatic rings. The SMILES string of the molecule is CC1(C)c2ccccc2-c2ccc(C(c3ccccc3)c3ccc(-n4c5ccccc5c5cc6ccccc6c(-c6ccc(-c7ccccc7)cc6)c54)cc3)cc21. The molecule has 0 bridgehead atoms. The van der Waals surface area contributed by atoms with Gasteiger partial charge in [0.2, 0.25) is 0 Å². The highest BCUT2D eigenvalue weighted by molar-refractivity contribution is 6.21. The van der Waals surface area contributed by atoms with Gasteiger partial charge in [-0.3, -0.25) is 0 Å². The van der Waals surface area contributed by atoms with Crippen LogP contribution in [0.1, 0.15) is 47.6 Å². The molecule has 1 unspecified atom stereocenters. The Morgan fingerprint density at radius 3 is 1.77 bits per heavy atom. The van der Waals surface area contributed by atoms with E-state index in [1.807, 2.05) is 0 Å². The van der Waals surface area contributed by atoms with E-state index in [0.29, 0.717) is 0 Å². The summed E-state index contributed by atoms with van der Waals surface area (Å²) in [5.41, 5.74) is 17.8. The summed E-state index contributed by atoms with van der Waals surface area (Å²) in [5.74, 6) is 0.0887. The number of aromatic nitrogens is 1. The number of fused-ring (bicyclic) bond motifs is 7. The maximum Gasteiger partial charge on any atom is 0.0625 e. The molecule has 1 aromatic heterocycles. The Balaban J connectivity index is 1.09. The maximum absolute atomic E-state index is 2.49. The maximum atomic E-state index is 2.49. The van der Waals surface area contributed by atoms with Crippen LogP contribution in [0.4, 0.5) is 0 Å². The van der Waals surface area contributed by atoms with E-state index in [2.05, 4.69) is 225 Å². The van der Waals surface area contributed by atoms with E-state index in [0.717, 1.165) is 5.69 Å². The van der Waals surface area contributed by atoms with Crippen molar-refractivity contribution in [1.82, 2.24) is 4.57 Å². The topological polar surface area (TPSA) is 4.93 Å². The van der Waals surface area contributed by atoms with Crippen molar-refractivity contribution in [3.63, 3.8) is 0 Å². The summed E-state index contributed by atoms with van der Waals surface area (Å²) < 4.78 is 2.49. The Kier molecular flexibility index (Phi) is 7.66. The summed E-state index contributed by atoms with van der Waals surface area (Å²) >= 11 is 0. The summed E-state index contributed by atoms with van der Waals surface area (Å²) in [4.78, 5) is 0. The molecule has 9 aromatic carbocycles. The van der Waals surface area contributed by atoms with Gasteiger partial charge in [-0.1, -0.05) is 196 Å². The summed E-state index contributed by atoms with van der Waals surface area (Å²) in [6, 6.07) is 76.4. The molecule has 0 N–H and O–H groups in total. The number of para-hydroxylation sites is 1. The third-order valence-corrected chi connectivity index (χ3v) is 12.5. The molecule has 270 valence electrons. The van der Waals surface area contributed by atoms with Gasteiger partial charge in [-0.2, -0.15) is 0 Å². The van der Waals surface area contributed by atoms with Crippen molar-refractivity contribution >= 4 is 32.6 Å². The van der Waals surface area contributed by atoms with E-state index >= 15 is 0 Å². The van der Waals surface area contributed by atoms with Crippen molar-refractivity contribution in [2.24, 2.45) is 0 Å². The molecule has 57 heavy (non-hydrogen) atoms. The van der Waals surface area contributed by atoms with Gasteiger partial charge >= 0.3 is 0 Å². The van der Waals surface area contributed by atoms with E-state index in [1.54, 1.807) is 0 Å². The van der Waals surface area contributed by atoms with Crippen LogP contribution in [-0.2, 0) is 5.41 Å². The van der Waals surface area contributed by atoms with Crippen LogP contribution in [0.2, 0.25) is 0 Å². The van der Waals surface area contributed by atoms with E-state index in [4.69, 9.17) is 0 Å². The molecule has 1 nitrogen and oxygen atoms in total. The zero-order valence-electron chi connectivity index (χ0n) is 32.2. The molecule has 11 rings (SSSR count). The molecule has 0 fully saturated rings. The molecule has 0 saturated heterocycles. The van der Waals surface area contributed by atoms with Crippen LogP contribution >= 0.6 is 0 Å². The predicted molar refractivity (Wildman–Crippen MR) is 241 cm³/mol. The summed E-state index contributed by atoms with van der Waals surface area (Å²) in [7, 11) is 0. The van der Waals surface area contributed by atoms with Crippen molar-refractivity contribution in [3.8, 4) is 39.1 Å². The molecule has 0 amide bonds. The zero-order valence-corrected chi connectivity index (χ0v) is 32.2. The van der Waals surface area contributed by atoms with Gasteiger partial charge in [-0.05, 0) is 90.7 Å². The van der Waals surface area contributed by atoms with Crippen LogP contribution in [0, 0.1) is 0 Å². The fourth-order valence-electron chi connectivity index (χ4n) is 9.75. The number of hydrogen-bond donors (Lipinski definition) is 0. The van der Waals surface area contributed by atoms with E-state index in [-0.39, 0.29) is 11.3 Å². The summed E-state index contributed by atoms with van der Waals surface area (Å²) in [6.45, 7) is 4.74. The molecule has 1 heteroatoms. The highest BCUT2D eigenvalue weighted by Gasteiger charge is 2.36. The minimum Gasteiger partial charge on any atom is -0.309 e. The van der Waals surface area contributed by atoms with Crippen LogP contribution in [0.25, 0.3) is 71.6 Å². The second-order valence-electron chi connectivity index (χ2n) is 16.1. The second kappa shape index (κ2) is 13.1. The predicted octanol–water partition coefficient (Wildman–Crippen LogP) is 14.8. The van der Waals surface area contributed by atoms with Crippen LogP contribution in [-0.4, -0.2) is 4.57 Å². The lowest BCUT2D eigenvalue weighted by Crippen LogP contribution is -2.15. The smallest absolute Gasteiger partial charge is 0.0625 e. The Morgan fingerprint density at radius 2 is 0.982 bits per heavy atom. The largest absolute Gasteiger partial charge is 0.309 e. The molecule has 0 aliphatic heterocycles. The van der Waals surface area contributed by atoms with E-state index in [1.165, 1.54) is 93.8 Å². The minimum atomic E-state index is -0.0622. The summed E-state index contributed by atoms with van der Waals surface area (Å²) in [5, 5.41) is 5.02. The van der Waals surface area contributed by atoms with Crippen molar-refractivity contribution < 1.29 is 0 Å². The van der Waals surface area contributed by atoms with Gasteiger partial charge in [0.25, 0.3) is 0 Å². The molecule has 1 atom stereocenters. The highest BCUT2D eigenvalue weighted by Crippen LogP contribution is 2.50. The van der Waals surface area contributed by atoms with Crippen molar-refractivity contribution in [2.75, 3.05) is 0 Å². The van der Waals surface area contributed by atoms with Crippen LogP contribution in [0.3, 0.4) is 0 Å². The quantitative estimate of drug-likeness (QED) is 0.150. The molecule has 1 heterocycles. The molecule has 1 aliphatic rings. The lowest BCUT2D eigenvalue weighted by atomic mass is 9.79. The monoisotopic (exact) mass is 727 g/mol. The number of rotatable bonds is 6. The molecule has 1 aliphatic carbocycles. The van der Waals surface area contributed by atoms with E-state index in [9.17, 15) is 0 Å². The van der Waals surface area contributed by atoms with Gasteiger partial charge in [0.1, 0.15) is 0 Å². The van der Waals surface area contributed by atoms with Gasteiger partial charge in [-0.15, -0.1) is 0 Å². The van der Waals surface area contributed by atoms with Crippen LogP contribution < -0.4 is 0 Å². The van der Waals surface area contributed by atoms with Crippen LogP contribution in [0.5, 0.6) is 0 Å². The van der Waals surface area contributed by atoms with Gasteiger partial charge < -0.3 is 4.57 Å². The first-order valence-corrected chi connectivity index (χ1v) is 20.0.